The van der Waals surface area contributed by atoms with Crippen molar-refractivity contribution in [1.29, 1.82) is 0 Å². The van der Waals surface area contributed by atoms with E-state index < -0.39 is 0 Å². The topological polar surface area (TPSA) is 72.1 Å². The Kier molecular flexibility index (Phi) is 8.90. The molecule has 1 aromatic carbocycles. The van der Waals surface area contributed by atoms with Crippen molar-refractivity contribution in [2.75, 3.05) is 45.7 Å². The van der Waals surface area contributed by atoms with Crippen LogP contribution in [-0.2, 0) is 0 Å². The Labute approximate surface area is 139 Å². The third-order valence-corrected chi connectivity index (χ3v) is 3.71. The zero-order valence-corrected chi connectivity index (χ0v) is 14.8. The first kappa shape index (κ1) is 19.1. The maximum absolute atomic E-state index is 5.92. The van der Waals surface area contributed by atoms with E-state index in [1.165, 1.54) is 0 Å². The molecule has 0 aliphatic rings. The smallest absolute Gasteiger partial charge is 0.193 e. The fourth-order valence-electron chi connectivity index (χ4n) is 2.29. The molecule has 0 radical (unpaired) electrons. The van der Waals surface area contributed by atoms with E-state index in [1.807, 2.05) is 18.2 Å². The molecule has 0 aliphatic heterocycles. The second-order valence-corrected chi connectivity index (χ2v) is 5.20. The van der Waals surface area contributed by atoms with Crippen LogP contribution in [0.5, 0.6) is 11.5 Å². The van der Waals surface area contributed by atoms with Gasteiger partial charge in [0.25, 0.3) is 0 Å². The Bertz CT molecular complexity index is 487. The zero-order chi connectivity index (χ0) is 17.1. The summed E-state index contributed by atoms with van der Waals surface area (Å²) in [6.07, 6.45) is 2.17. The summed E-state index contributed by atoms with van der Waals surface area (Å²) >= 11 is 0. The molecule has 0 unspecified atom stereocenters. The fourth-order valence-corrected chi connectivity index (χ4v) is 2.29. The highest BCUT2D eigenvalue weighted by atomic mass is 16.5. The second kappa shape index (κ2) is 10.7. The average molecular weight is 322 g/mol. The van der Waals surface area contributed by atoms with Gasteiger partial charge in [0.2, 0.25) is 0 Å². The molecule has 3 N–H and O–H groups in total. The maximum Gasteiger partial charge on any atom is 0.193 e. The second-order valence-electron chi connectivity index (χ2n) is 5.20. The summed E-state index contributed by atoms with van der Waals surface area (Å²) in [5.74, 6) is 1.76. The Hall–Kier alpha value is -1.95. The van der Waals surface area contributed by atoms with Crippen LogP contribution in [0.15, 0.2) is 23.2 Å². The third kappa shape index (κ3) is 6.78. The Morgan fingerprint density at radius 3 is 2.43 bits per heavy atom. The molecule has 0 aliphatic carbocycles. The predicted octanol–water partition coefficient (Wildman–Crippen LogP) is 2.55. The first-order valence-electron chi connectivity index (χ1n) is 8.15. The number of hydrogen-bond acceptors (Lipinski definition) is 4. The van der Waals surface area contributed by atoms with E-state index in [4.69, 9.17) is 15.2 Å². The number of ether oxygens (including phenoxy) is 2. The molecule has 0 spiro atoms. The molecule has 1 rings (SSSR count). The van der Waals surface area contributed by atoms with Crippen molar-refractivity contribution in [1.82, 2.24) is 4.90 Å². The van der Waals surface area contributed by atoms with Crippen LogP contribution in [0.2, 0.25) is 0 Å². The number of methoxy groups -OCH3 is 2. The van der Waals surface area contributed by atoms with Crippen molar-refractivity contribution in [2.24, 2.45) is 10.7 Å². The summed E-state index contributed by atoms with van der Waals surface area (Å²) in [5, 5.41) is 3.07. The summed E-state index contributed by atoms with van der Waals surface area (Å²) in [7, 11) is 3.22. The number of benzene rings is 1. The number of aliphatic imine (C=N–C) groups is 1. The normalized spacial score (nSPS) is 11.6. The molecule has 0 amide bonds. The van der Waals surface area contributed by atoms with Crippen molar-refractivity contribution < 1.29 is 9.47 Å². The standard InChI is InChI=1S/C17H30N4O2/c1-5-21(6-2)12-8-7-11-19-17(18)20-14-9-10-15(22-3)16(13-14)23-4/h9-10,13H,5-8,11-12H2,1-4H3,(H3,18,19,20). The van der Waals surface area contributed by atoms with Crippen LogP contribution in [-0.4, -0.2) is 51.3 Å². The number of nitrogens with two attached hydrogens (primary N) is 1. The van der Waals surface area contributed by atoms with E-state index in [-0.39, 0.29) is 0 Å². The molecule has 6 heteroatoms. The number of guanidine groups is 1. The molecule has 0 aromatic heterocycles. The van der Waals surface area contributed by atoms with E-state index in [2.05, 4.69) is 29.1 Å². The zero-order valence-electron chi connectivity index (χ0n) is 14.8. The van der Waals surface area contributed by atoms with Crippen molar-refractivity contribution in [3.05, 3.63) is 18.2 Å². The highest BCUT2D eigenvalue weighted by Gasteiger charge is 2.05. The minimum absolute atomic E-state index is 0.417. The van der Waals surface area contributed by atoms with Crippen LogP contribution in [0.1, 0.15) is 26.7 Å². The lowest BCUT2D eigenvalue weighted by molar-refractivity contribution is 0.298. The van der Waals surface area contributed by atoms with E-state index >= 15 is 0 Å². The first-order valence-corrected chi connectivity index (χ1v) is 8.15. The number of nitrogens with zero attached hydrogens (tertiary/aromatic N) is 2. The van der Waals surface area contributed by atoms with Crippen LogP contribution in [0.4, 0.5) is 5.69 Å². The van der Waals surface area contributed by atoms with Crippen LogP contribution in [0.3, 0.4) is 0 Å². The molecule has 0 atom stereocenters. The quantitative estimate of drug-likeness (QED) is 0.393. The first-order chi connectivity index (χ1) is 11.1. The molecule has 0 saturated heterocycles. The van der Waals surface area contributed by atoms with Gasteiger partial charge in [-0.05, 0) is 44.6 Å². The summed E-state index contributed by atoms with van der Waals surface area (Å²) in [6.45, 7) is 8.42. The van der Waals surface area contributed by atoms with Gasteiger partial charge in [0.1, 0.15) is 0 Å². The SMILES string of the molecule is CCN(CC)CCCCN=C(N)Nc1ccc(OC)c(OC)c1. The van der Waals surface area contributed by atoms with Crippen molar-refractivity contribution in [3.63, 3.8) is 0 Å². The predicted molar refractivity (Wildman–Crippen MR) is 96.7 cm³/mol. The molecule has 0 fully saturated rings. The van der Waals surface area contributed by atoms with E-state index in [1.54, 1.807) is 14.2 Å². The molecule has 130 valence electrons. The molecule has 0 saturated carbocycles. The molecular formula is C17H30N4O2. The summed E-state index contributed by atoms with van der Waals surface area (Å²) in [5.41, 5.74) is 6.74. The molecular weight excluding hydrogens is 292 g/mol. The Morgan fingerprint density at radius 2 is 1.83 bits per heavy atom. The molecule has 23 heavy (non-hydrogen) atoms. The van der Waals surface area contributed by atoms with E-state index in [0.29, 0.717) is 17.5 Å². The largest absolute Gasteiger partial charge is 0.493 e. The summed E-state index contributed by atoms with van der Waals surface area (Å²) in [6, 6.07) is 5.55. The van der Waals surface area contributed by atoms with Crippen molar-refractivity contribution in [3.8, 4) is 11.5 Å². The average Bonchev–Trinajstić information content (AvgIpc) is 2.58. The Morgan fingerprint density at radius 1 is 1.13 bits per heavy atom. The lowest BCUT2D eigenvalue weighted by atomic mass is 10.2. The number of anilines is 1. The number of nitrogens with one attached hydrogen (secondary N) is 1. The van der Waals surface area contributed by atoms with Crippen LogP contribution < -0.4 is 20.5 Å². The van der Waals surface area contributed by atoms with Gasteiger partial charge < -0.3 is 25.4 Å². The highest BCUT2D eigenvalue weighted by Crippen LogP contribution is 2.29. The summed E-state index contributed by atoms with van der Waals surface area (Å²) in [4.78, 5) is 6.77. The number of rotatable bonds is 10. The van der Waals surface area contributed by atoms with Crippen LogP contribution in [0.25, 0.3) is 0 Å². The van der Waals surface area contributed by atoms with Gasteiger partial charge in [-0.3, -0.25) is 4.99 Å². The van der Waals surface area contributed by atoms with Crippen LogP contribution >= 0.6 is 0 Å². The lowest BCUT2D eigenvalue weighted by Gasteiger charge is -2.17. The summed E-state index contributed by atoms with van der Waals surface area (Å²) < 4.78 is 10.5. The van der Waals surface area contributed by atoms with Crippen LogP contribution in [0, 0.1) is 0 Å². The van der Waals surface area contributed by atoms with Gasteiger partial charge in [-0.1, -0.05) is 13.8 Å². The minimum Gasteiger partial charge on any atom is -0.493 e. The van der Waals surface area contributed by atoms with Crippen molar-refractivity contribution in [2.45, 2.75) is 26.7 Å². The van der Waals surface area contributed by atoms with E-state index in [0.717, 1.165) is 44.7 Å². The van der Waals surface area contributed by atoms with Gasteiger partial charge in [-0.25, -0.2) is 0 Å². The molecule has 0 heterocycles. The van der Waals surface area contributed by atoms with Gasteiger partial charge in [0.15, 0.2) is 17.5 Å². The fraction of sp³-hybridized carbons (Fsp3) is 0.588. The minimum atomic E-state index is 0.417. The molecule has 0 bridgehead atoms. The van der Waals surface area contributed by atoms with E-state index in [9.17, 15) is 0 Å². The number of unbranched alkanes of at least 4 members (excludes halogenated alkanes) is 1. The maximum atomic E-state index is 5.92. The van der Waals surface area contributed by atoms with Gasteiger partial charge in [0, 0.05) is 18.3 Å². The van der Waals surface area contributed by atoms with Crippen molar-refractivity contribution >= 4 is 11.6 Å². The van der Waals surface area contributed by atoms with Gasteiger partial charge in [-0.15, -0.1) is 0 Å². The highest BCUT2D eigenvalue weighted by molar-refractivity contribution is 5.92. The molecule has 1 aromatic rings. The monoisotopic (exact) mass is 322 g/mol. The third-order valence-electron chi connectivity index (χ3n) is 3.71. The molecule has 6 nitrogen and oxygen atoms in total. The van der Waals surface area contributed by atoms with Gasteiger partial charge in [0.05, 0.1) is 14.2 Å². The Balaban J connectivity index is 2.42. The lowest BCUT2D eigenvalue weighted by Crippen LogP contribution is -2.24. The number of hydrogen-bond donors (Lipinski definition) is 2. The van der Waals surface area contributed by atoms with Gasteiger partial charge in [-0.2, -0.15) is 0 Å². The van der Waals surface area contributed by atoms with Gasteiger partial charge >= 0.3 is 0 Å².